The van der Waals surface area contributed by atoms with Crippen LogP contribution in [-0.2, 0) is 0 Å². The van der Waals surface area contributed by atoms with Crippen LogP contribution in [0.3, 0.4) is 0 Å². The zero-order valence-corrected chi connectivity index (χ0v) is 10.8. The molecule has 1 amide bonds. The van der Waals surface area contributed by atoms with Gasteiger partial charge in [0.1, 0.15) is 11.5 Å². The Morgan fingerprint density at radius 1 is 1.18 bits per heavy atom. The first-order valence-electron chi connectivity index (χ1n) is 5.20. The SMILES string of the molecule is COc1cc(C(=O)NN(C)C)c(OC)cc1C. The van der Waals surface area contributed by atoms with Crippen LogP contribution in [0.2, 0.25) is 0 Å². The Balaban J connectivity index is 3.16. The highest BCUT2D eigenvalue weighted by atomic mass is 16.5. The first kappa shape index (κ1) is 13.3. The molecule has 0 saturated heterocycles. The van der Waals surface area contributed by atoms with Crippen molar-refractivity contribution in [3.63, 3.8) is 0 Å². The molecule has 0 atom stereocenters. The average Bonchev–Trinajstić information content (AvgIpc) is 2.27. The lowest BCUT2D eigenvalue weighted by Crippen LogP contribution is -2.36. The highest BCUT2D eigenvalue weighted by Gasteiger charge is 2.15. The number of rotatable bonds is 4. The minimum absolute atomic E-state index is 0.231. The Bertz CT molecular complexity index is 416. The Hall–Kier alpha value is -1.75. The molecule has 1 N–H and O–H groups in total. The molecule has 0 bridgehead atoms. The zero-order valence-electron chi connectivity index (χ0n) is 10.8. The lowest BCUT2D eigenvalue weighted by molar-refractivity contribution is 0.0853. The first-order chi connectivity index (χ1) is 7.99. The third kappa shape index (κ3) is 3.10. The lowest BCUT2D eigenvalue weighted by atomic mass is 10.1. The molecule has 0 fully saturated rings. The maximum atomic E-state index is 11.9. The maximum absolute atomic E-state index is 11.9. The smallest absolute Gasteiger partial charge is 0.269 e. The number of ether oxygens (including phenoxy) is 2. The van der Waals surface area contributed by atoms with E-state index in [1.165, 1.54) is 7.11 Å². The predicted octanol–water partition coefficient (Wildman–Crippen LogP) is 1.22. The normalized spacial score (nSPS) is 10.2. The lowest BCUT2D eigenvalue weighted by Gasteiger charge is -2.15. The van der Waals surface area contributed by atoms with Gasteiger partial charge in [-0.15, -0.1) is 0 Å². The number of carbonyl (C=O) groups is 1. The van der Waals surface area contributed by atoms with E-state index in [1.54, 1.807) is 38.3 Å². The van der Waals surface area contributed by atoms with Gasteiger partial charge in [-0.2, -0.15) is 0 Å². The van der Waals surface area contributed by atoms with Crippen molar-refractivity contribution in [3.8, 4) is 11.5 Å². The number of methoxy groups -OCH3 is 2. The molecule has 0 radical (unpaired) electrons. The second kappa shape index (κ2) is 5.54. The molecule has 5 nitrogen and oxygen atoms in total. The van der Waals surface area contributed by atoms with Crippen molar-refractivity contribution in [1.29, 1.82) is 0 Å². The van der Waals surface area contributed by atoms with E-state index in [9.17, 15) is 4.79 Å². The van der Waals surface area contributed by atoms with E-state index in [0.717, 1.165) is 5.56 Å². The highest BCUT2D eigenvalue weighted by molar-refractivity contribution is 5.97. The topological polar surface area (TPSA) is 50.8 Å². The molecule has 0 aromatic heterocycles. The number of hydrazine groups is 1. The number of nitrogens with one attached hydrogen (secondary N) is 1. The van der Waals surface area contributed by atoms with Gasteiger partial charge in [0.2, 0.25) is 0 Å². The van der Waals surface area contributed by atoms with Crippen LogP contribution in [0.25, 0.3) is 0 Å². The molecule has 0 aliphatic heterocycles. The van der Waals surface area contributed by atoms with E-state index in [0.29, 0.717) is 17.1 Å². The molecule has 0 saturated carbocycles. The van der Waals surface area contributed by atoms with Crippen LogP contribution in [-0.4, -0.2) is 39.2 Å². The number of hydrogen-bond donors (Lipinski definition) is 1. The minimum atomic E-state index is -0.231. The van der Waals surface area contributed by atoms with Crippen LogP contribution in [0.1, 0.15) is 15.9 Å². The van der Waals surface area contributed by atoms with Gasteiger partial charge in [-0.1, -0.05) is 0 Å². The number of nitrogens with zero attached hydrogens (tertiary/aromatic N) is 1. The average molecular weight is 238 g/mol. The van der Waals surface area contributed by atoms with E-state index in [-0.39, 0.29) is 5.91 Å². The Morgan fingerprint density at radius 2 is 1.76 bits per heavy atom. The molecule has 0 spiro atoms. The summed E-state index contributed by atoms with van der Waals surface area (Å²) in [6, 6.07) is 3.45. The second-order valence-electron chi connectivity index (χ2n) is 3.86. The van der Waals surface area contributed by atoms with Crippen LogP contribution in [0.4, 0.5) is 0 Å². The van der Waals surface area contributed by atoms with Crippen LogP contribution < -0.4 is 14.9 Å². The standard InChI is InChI=1S/C12H18N2O3/c1-8-6-11(17-5)9(7-10(8)16-4)12(15)13-14(2)3/h6-7H,1-5H3,(H,13,15). The van der Waals surface area contributed by atoms with Crippen LogP contribution in [0.5, 0.6) is 11.5 Å². The van der Waals surface area contributed by atoms with Gasteiger partial charge >= 0.3 is 0 Å². The van der Waals surface area contributed by atoms with E-state index in [2.05, 4.69) is 5.43 Å². The highest BCUT2D eigenvalue weighted by Crippen LogP contribution is 2.28. The fraction of sp³-hybridized carbons (Fsp3) is 0.417. The number of aryl methyl sites for hydroxylation is 1. The van der Waals surface area contributed by atoms with Crippen molar-refractivity contribution in [1.82, 2.24) is 10.4 Å². The molecule has 0 heterocycles. The molecule has 94 valence electrons. The summed E-state index contributed by atoms with van der Waals surface area (Å²) in [4.78, 5) is 11.9. The second-order valence-corrected chi connectivity index (χ2v) is 3.86. The third-order valence-corrected chi connectivity index (χ3v) is 2.29. The van der Waals surface area contributed by atoms with Crippen LogP contribution >= 0.6 is 0 Å². The summed E-state index contributed by atoms with van der Waals surface area (Å²) in [5.41, 5.74) is 4.03. The summed E-state index contributed by atoms with van der Waals surface area (Å²) in [5, 5.41) is 1.58. The van der Waals surface area contributed by atoms with Gasteiger partial charge < -0.3 is 9.47 Å². The van der Waals surface area contributed by atoms with Gasteiger partial charge in [0, 0.05) is 14.1 Å². The molecule has 0 unspecified atom stereocenters. The first-order valence-corrected chi connectivity index (χ1v) is 5.20. The van der Waals surface area contributed by atoms with Crippen LogP contribution in [0, 0.1) is 6.92 Å². The van der Waals surface area contributed by atoms with Gasteiger partial charge in [0.05, 0.1) is 19.8 Å². The van der Waals surface area contributed by atoms with Crippen molar-refractivity contribution in [2.24, 2.45) is 0 Å². The van der Waals surface area contributed by atoms with E-state index in [4.69, 9.17) is 9.47 Å². The van der Waals surface area contributed by atoms with Gasteiger partial charge in [-0.3, -0.25) is 10.2 Å². The van der Waals surface area contributed by atoms with E-state index in [1.807, 2.05) is 6.92 Å². The molecular weight excluding hydrogens is 220 g/mol. The molecule has 17 heavy (non-hydrogen) atoms. The molecule has 5 heteroatoms. The Labute approximate surface area is 101 Å². The zero-order chi connectivity index (χ0) is 13.0. The van der Waals surface area contributed by atoms with Gasteiger partial charge in [-0.25, -0.2) is 5.01 Å². The fourth-order valence-corrected chi connectivity index (χ4v) is 1.49. The van der Waals surface area contributed by atoms with Crippen molar-refractivity contribution >= 4 is 5.91 Å². The van der Waals surface area contributed by atoms with E-state index < -0.39 is 0 Å². The summed E-state index contributed by atoms with van der Waals surface area (Å²) in [6.07, 6.45) is 0. The quantitative estimate of drug-likeness (QED) is 0.801. The van der Waals surface area contributed by atoms with Crippen molar-refractivity contribution in [3.05, 3.63) is 23.3 Å². The van der Waals surface area contributed by atoms with Crippen molar-refractivity contribution < 1.29 is 14.3 Å². The van der Waals surface area contributed by atoms with Gasteiger partial charge in [0.25, 0.3) is 5.91 Å². The van der Waals surface area contributed by atoms with Crippen molar-refractivity contribution in [2.45, 2.75) is 6.92 Å². The van der Waals surface area contributed by atoms with Gasteiger partial charge in [0.15, 0.2) is 0 Å². The predicted molar refractivity (Wildman–Crippen MR) is 65.4 cm³/mol. The number of carbonyl (C=O) groups excluding carboxylic acids is 1. The van der Waals surface area contributed by atoms with E-state index >= 15 is 0 Å². The number of amides is 1. The van der Waals surface area contributed by atoms with Crippen molar-refractivity contribution in [2.75, 3.05) is 28.3 Å². The molecule has 1 aromatic carbocycles. The fourth-order valence-electron chi connectivity index (χ4n) is 1.49. The summed E-state index contributed by atoms with van der Waals surface area (Å²) in [6.45, 7) is 1.90. The Morgan fingerprint density at radius 3 is 2.24 bits per heavy atom. The maximum Gasteiger partial charge on any atom is 0.269 e. The van der Waals surface area contributed by atoms with Crippen LogP contribution in [0.15, 0.2) is 12.1 Å². The summed E-state index contributed by atoms with van der Waals surface area (Å²) in [7, 11) is 6.60. The molecule has 1 aromatic rings. The van der Waals surface area contributed by atoms with Gasteiger partial charge in [-0.05, 0) is 24.6 Å². The summed E-state index contributed by atoms with van der Waals surface area (Å²) < 4.78 is 10.4. The Kier molecular flexibility index (Phi) is 4.34. The minimum Gasteiger partial charge on any atom is -0.496 e. The molecule has 0 aliphatic rings. The molecule has 0 aliphatic carbocycles. The monoisotopic (exact) mass is 238 g/mol. The summed E-state index contributed by atoms with van der Waals surface area (Å²) >= 11 is 0. The number of benzene rings is 1. The molecule has 1 rings (SSSR count). The summed E-state index contributed by atoms with van der Waals surface area (Å²) in [5.74, 6) is 0.961. The largest absolute Gasteiger partial charge is 0.496 e. The number of hydrogen-bond acceptors (Lipinski definition) is 4. The third-order valence-electron chi connectivity index (χ3n) is 2.29. The molecular formula is C12H18N2O3.